The molecule has 0 atom stereocenters. The molecule has 0 saturated heterocycles. The lowest BCUT2D eigenvalue weighted by Gasteiger charge is -2.11. The number of nitrogens with zero attached hydrogens (tertiary/aromatic N) is 4. The Morgan fingerprint density at radius 3 is 2.81 bits per heavy atom. The largest absolute Gasteiger partial charge is 0.434 e. The second-order valence-corrected chi connectivity index (χ2v) is 5.93. The summed E-state index contributed by atoms with van der Waals surface area (Å²) in [6.07, 6.45) is 8.75. The Kier molecular flexibility index (Phi) is 5.90. The van der Waals surface area contributed by atoms with Crippen LogP contribution in [0.5, 0.6) is 5.75 Å². The molecular formula is C17H14Cl2F2N4O. The van der Waals surface area contributed by atoms with E-state index < -0.39 is 6.61 Å². The van der Waals surface area contributed by atoms with E-state index in [0.717, 1.165) is 0 Å². The molecule has 136 valence electrons. The number of alkyl halides is 3. The highest BCUT2D eigenvalue weighted by Gasteiger charge is 2.19. The van der Waals surface area contributed by atoms with Crippen LogP contribution >= 0.6 is 23.2 Å². The minimum atomic E-state index is -2.96. The van der Waals surface area contributed by atoms with E-state index in [-0.39, 0.29) is 5.75 Å². The predicted molar refractivity (Wildman–Crippen MR) is 96.3 cm³/mol. The molecule has 5 nitrogen and oxygen atoms in total. The smallest absolute Gasteiger partial charge is 0.387 e. The van der Waals surface area contributed by atoms with Crippen LogP contribution < -0.4 is 4.74 Å². The van der Waals surface area contributed by atoms with E-state index in [4.69, 9.17) is 23.2 Å². The SMILES string of the molecule is FC(F)Oc1ccc(Cl)cc1-c1nn(C/C=C/CCl)cc1-n1cccn1. The molecule has 0 spiro atoms. The first-order chi connectivity index (χ1) is 12.6. The lowest BCUT2D eigenvalue weighted by atomic mass is 10.1. The third-order valence-electron chi connectivity index (χ3n) is 3.45. The van der Waals surface area contributed by atoms with Crippen LogP contribution in [-0.4, -0.2) is 32.1 Å². The van der Waals surface area contributed by atoms with Crippen molar-refractivity contribution in [3.8, 4) is 22.7 Å². The van der Waals surface area contributed by atoms with Gasteiger partial charge in [0.25, 0.3) is 0 Å². The van der Waals surface area contributed by atoms with E-state index in [1.54, 1.807) is 40.1 Å². The summed E-state index contributed by atoms with van der Waals surface area (Å²) in [6, 6.07) is 6.16. The number of benzene rings is 1. The molecule has 2 heterocycles. The van der Waals surface area contributed by atoms with Crippen molar-refractivity contribution in [3.63, 3.8) is 0 Å². The summed E-state index contributed by atoms with van der Waals surface area (Å²) in [6.45, 7) is -2.50. The molecule has 0 unspecified atom stereocenters. The van der Waals surface area contributed by atoms with Gasteiger partial charge in [0.2, 0.25) is 0 Å². The molecule has 0 aliphatic heterocycles. The summed E-state index contributed by atoms with van der Waals surface area (Å²) < 4.78 is 33.4. The minimum Gasteiger partial charge on any atom is -0.434 e. The van der Waals surface area contributed by atoms with E-state index in [1.165, 1.54) is 18.2 Å². The maximum Gasteiger partial charge on any atom is 0.387 e. The second-order valence-electron chi connectivity index (χ2n) is 5.18. The maximum absolute atomic E-state index is 12.8. The van der Waals surface area contributed by atoms with Gasteiger partial charge in [-0.1, -0.05) is 23.8 Å². The molecule has 3 rings (SSSR count). The van der Waals surface area contributed by atoms with Crippen LogP contribution in [0.25, 0.3) is 16.9 Å². The van der Waals surface area contributed by atoms with E-state index in [9.17, 15) is 8.78 Å². The summed E-state index contributed by atoms with van der Waals surface area (Å²) in [5.74, 6) is 0.375. The molecule has 1 aromatic carbocycles. The standard InChI is InChI=1S/C17H14Cl2F2N4O/c18-6-1-2-8-24-11-14(25-9-3-7-22-25)16(23-24)13-10-12(19)4-5-15(13)26-17(20)21/h1-5,7,9-11,17H,6,8H2/b2-1+. The first kappa shape index (κ1) is 18.4. The number of hydrogen-bond donors (Lipinski definition) is 0. The third kappa shape index (κ3) is 4.23. The fourth-order valence-electron chi connectivity index (χ4n) is 2.41. The van der Waals surface area contributed by atoms with Gasteiger partial charge in [-0.2, -0.15) is 19.0 Å². The number of halogens is 4. The van der Waals surface area contributed by atoms with Crippen molar-refractivity contribution in [1.29, 1.82) is 0 Å². The predicted octanol–water partition coefficient (Wildman–Crippen LogP) is 4.79. The van der Waals surface area contributed by atoms with Gasteiger partial charge in [-0.3, -0.25) is 4.68 Å². The van der Waals surface area contributed by atoms with Gasteiger partial charge in [-0.15, -0.1) is 11.6 Å². The van der Waals surface area contributed by atoms with Crippen LogP contribution in [-0.2, 0) is 6.54 Å². The normalized spacial score (nSPS) is 11.6. The van der Waals surface area contributed by atoms with E-state index in [1.807, 2.05) is 6.08 Å². The van der Waals surface area contributed by atoms with Crippen molar-refractivity contribution in [2.45, 2.75) is 13.2 Å². The van der Waals surface area contributed by atoms with Crippen molar-refractivity contribution in [2.75, 3.05) is 5.88 Å². The average Bonchev–Trinajstić information content (AvgIpc) is 3.25. The van der Waals surface area contributed by atoms with Gasteiger partial charge in [0.15, 0.2) is 0 Å². The quantitative estimate of drug-likeness (QED) is 0.424. The Labute approximate surface area is 158 Å². The fourth-order valence-corrected chi connectivity index (χ4v) is 2.70. The Balaban J connectivity index is 2.11. The lowest BCUT2D eigenvalue weighted by Crippen LogP contribution is -2.04. The first-order valence-electron chi connectivity index (χ1n) is 7.61. The molecule has 0 aliphatic carbocycles. The monoisotopic (exact) mass is 398 g/mol. The Morgan fingerprint density at radius 1 is 1.27 bits per heavy atom. The highest BCUT2D eigenvalue weighted by atomic mass is 35.5. The van der Waals surface area contributed by atoms with Crippen LogP contribution in [0.1, 0.15) is 0 Å². The van der Waals surface area contributed by atoms with Gasteiger partial charge in [-0.05, 0) is 24.3 Å². The van der Waals surface area contributed by atoms with Crippen LogP contribution in [0.3, 0.4) is 0 Å². The molecule has 0 bridgehead atoms. The Hall–Kier alpha value is -2.38. The molecule has 26 heavy (non-hydrogen) atoms. The zero-order valence-electron chi connectivity index (χ0n) is 13.4. The van der Waals surface area contributed by atoms with Gasteiger partial charge < -0.3 is 4.74 Å². The number of ether oxygens (including phenoxy) is 1. The summed E-state index contributed by atoms with van der Waals surface area (Å²) >= 11 is 11.7. The zero-order chi connectivity index (χ0) is 18.5. The van der Waals surface area contributed by atoms with Crippen LogP contribution in [0.15, 0.2) is 55.0 Å². The molecule has 0 saturated carbocycles. The molecular weight excluding hydrogens is 385 g/mol. The Bertz CT molecular complexity index is 894. The lowest BCUT2D eigenvalue weighted by molar-refractivity contribution is -0.0494. The minimum absolute atomic E-state index is 0.0145. The van der Waals surface area contributed by atoms with Gasteiger partial charge in [0.1, 0.15) is 17.1 Å². The Morgan fingerprint density at radius 2 is 2.12 bits per heavy atom. The molecule has 2 aromatic heterocycles. The van der Waals surface area contributed by atoms with Crippen LogP contribution in [0, 0.1) is 0 Å². The van der Waals surface area contributed by atoms with Crippen LogP contribution in [0.4, 0.5) is 8.78 Å². The van der Waals surface area contributed by atoms with Crippen molar-refractivity contribution < 1.29 is 13.5 Å². The molecule has 0 radical (unpaired) electrons. The van der Waals surface area contributed by atoms with Crippen molar-refractivity contribution in [1.82, 2.24) is 19.6 Å². The third-order valence-corrected chi connectivity index (χ3v) is 3.87. The fraction of sp³-hybridized carbons (Fsp3) is 0.176. The van der Waals surface area contributed by atoms with Crippen molar-refractivity contribution in [2.24, 2.45) is 0 Å². The van der Waals surface area contributed by atoms with Gasteiger partial charge >= 0.3 is 6.61 Å². The summed E-state index contributed by atoms with van der Waals surface area (Å²) in [7, 11) is 0. The molecule has 0 aliphatic rings. The van der Waals surface area contributed by atoms with Crippen LogP contribution in [0.2, 0.25) is 5.02 Å². The number of rotatable bonds is 7. The topological polar surface area (TPSA) is 44.9 Å². The maximum atomic E-state index is 12.8. The number of hydrogen-bond acceptors (Lipinski definition) is 3. The summed E-state index contributed by atoms with van der Waals surface area (Å²) in [5.41, 5.74) is 1.38. The second kappa shape index (κ2) is 8.33. The molecule has 3 aromatic rings. The van der Waals surface area contributed by atoms with E-state index in [0.29, 0.717) is 34.4 Å². The molecule has 0 N–H and O–H groups in total. The number of aromatic nitrogens is 4. The zero-order valence-corrected chi connectivity index (χ0v) is 14.9. The average molecular weight is 399 g/mol. The van der Waals surface area contributed by atoms with Crippen molar-refractivity contribution in [3.05, 3.63) is 60.0 Å². The highest BCUT2D eigenvalue weighted by Crippen LogP contribution is 2.35. The summed E-state index contributed by atoms with van der Waals surface area (Å²) in [4.78, 5) is 0. The molecule has 0 amide bonds. The molecule has 0 fully saturated rings. The first-order valence-corrected chi connectivity index (χ1v) is 8.53. The highest BCUT2D eigenvalue weighted by molar-refractivity contribution is 6.31. The van der Waals surface area contributed by atoms with E-state index >= 15 is 0 Å². The molecule has 9 heteroatoms. The van der Waals surface area contributed by atoms with Gasteiger partial charge in [0.05, 0.1) is 12.7 Å². The summed E-state index contributed by atoms with van der Waals surface area (Å²) in [5, 5.41) is 9.07. The van der Waals surface area contributed by atoms with Gasteiger partial charge in [0, 0.05) is 28.9 Å². The van der Waals surface area contributed by atoms with Crippen molar-refractivity contribution >= 4 is 23.2 Å². The van der Waals surface area contributed by atoms with Gasteiger partial charge in [-0.25, -0.2) is 4.68 Å². The number of allylic oxidation sites excluding steroid dienone is 2. The van der Waals surface area contributed by atoms with E-state index in [2.05, 4.69) is 14.9 Å².